The molecule has 2 saturated heterocycles. The molecule has 7 nitrogen and oxygen atoms in total. The van der Waals surface area contributed by atoms with Gasteiger partial charge in [-0.2, -0.15) is 0 Å². The molecular weight excluding hydrogens is 554 g/mol. The van der Waals surface area contributed by atoms with Crippen LogP contribution in [0.2, 0.25) is 0 Å². The van der Waals surface area contributed by atoms with Crippen LogP contribution in [0.1, 0.15) is 113 Å². The summed E-state index contributed by atoms with van der Waals surface area (Å²) in [7, 11) is 0. The van der Waals surface area contributed by atoms with E-state index in [-0.39, 0.29) is 35.4 Å². The van der Waals surface area contributed by atoms with Gasteiger partial charge >= 0.3 is 0 Å². The van der Waals surface area contributed by atoms with Crippen molar-refractivity contribution in [3.8, 4) is 0 Å². The number of aliphatic hydroxyl groups is 2. The van der Waals surface area contributed by atoms with Gasteiger partial charge in [0.2, 0.25) is 0 Å². The lowest BCUT2D eigenvalue weighted by atomic mass is 9.40. The van der Waals surface area contributed by atoms with Crippen molar-refractivity contribution in [3.63, 3.8) is 0 Å². The summed E-state index contributed by atoms with van der Waals surface area (Å²) in [6.45, 7) is 17.3. The highest BCUT2D eigenvalue weighted by atomic mass is 16.7. The van der Waals surface area contributed by atoms with E-state index in [0.29, 0.717) is 24.2 Å². The fourth-order valence-electron chi connectivity index (χ4n) is 12.9. The molecule has 3 N–H and O–H groups in total. The maximum Gasteiger partial charge on any atom is 0.166 e. The van der Waals surface area contributed by atoms with Crippen molar-refractivity contribution in [1.29, 1.82) is 0 Å². The molecule has 4 heterocycles. The van der Waals surface area contributed by atoms with E-state index in [1.54, 1.807) is 0 Å². The monoisotopic (exact) mass is 599 g/mol. The van der Waals surface area contributed by atoms with E-state index in [1.807, 2.05) is 6.92 Å². The predicted octanol–water partition coefficient (Wildman–Crippen LogP) is 5.62. The van der Waals surface area contributed by atoms with Crippen LogP contribution in [0.25, 0.3) is 10.9 Å². The van der Waals surface area contributed by atoms with Crippen LogP contribution in [-0.2, 0) is 19.6 Å². The van der Waals surface area contributed by atoms with Gasteiger partial charge in [0.1, 0.15) is 23.9 Å². The Labute approximate surface area is 258 Å². The summed E-state index contributed by atoms with van der Waals surface area (Å²) >= 11 is 0. The standard InChI is InChI=1S/C37H45NO6/c1-15(2)29-28(40)32-37(44-32)22(42-29)11-12-34(6)35(7)19(10-13-36(34,37)41)30-26-25-21(38-31(26)35)9-8-17-24(25)23-18(16(3)27(17)39)14-20(23)33(4,5)43-30/h8-9,16,18-20,22-23,28-30,32,38,40-41H,1,10-14H2,2-7H3/t16?,18-,19?,20+,22?,23+,28+,29-,30+,32+,34-,35-,36+,37+/m1/s1. The normalized spacial score (nSPS) is 53.4. The van der Waals surface area contributed by atoms with Crippen LogP contribution in [0.15, 0.2) is 24.3 Å². The summed E-state index contributed by atoms with van der Waals surface area (Å²) in [6.07, 6.45) is 1.65. The molecule has 5 aliphatic carbocycles. The molecule has 1 aromatic heterocycles. The molecule has 8 aliphatic rings. The first-order valence-corrected chi connectivity index (χ1v) is 17.0. The molecule has 0 amide bonds. The Morgan fingerprint density at radius 3 is 2.59 bits per heavy atom. The molecule has 14 atom stereocenters. The number of Topliss-reactive ketones (excluding diaryl/α,β-unsaturated/α-hetero) is 1. The number of fused-ring (bicyclic) bond motifs is 5. The van der Waals surface area contributed by atoms with Crippen molar-refractivity contribution >= 4 is 16.7 Å². The van der Waals surface area contributed by atoms with Gasteiger partial charge in [-0.1, -0.05) is 27.4 Å². The number of aliphatic hydroxyl groups excluding tert-OH is 1. The molecule has 5 fully saturated rings. The van der Waals surface area contributed by atoms with Gasteiger partial charge in [-0.3, -0.25) is 4.79 Å². The van der Waals surface area contributed by atoms with Gasteiger partial charge in [-0.15, -0.1) is 0 Å². The molecule has 0 radical (unpaired) electrons. The number of rotatable bonds is 1. The molecule has 7 heteroatoms. The van der Waals surface area contributed by atoms with Crippen LogP contribution in [0.3, 0.4) is 0 Å². The van der Waals surface area contributed by atoms with E-state index >= 15 is 0 Å². The second-order valence-electron chi connectivity index (χ2n) is 17.0. The van der Waals surface area contributed by atoms with Crippen molar-refractivity contribution < 1.29 is 29.2 Å². The molecule has 44 heavy (non-hydrogen) atoms. The first kappa shape index (κ1) is 27.1. The Bertz CT molecular complexity index is 1730. The third-order valence-corrected chi connectivity index (χ3v) is 15.4. The molecule has 234 valence electrons. The van der Waals surface area contributed by atoms with Crippen LogP contribution >= 0.6 is 0 Å². The average molecular weight is 600 g/mol. The molecule has 3 aliphatic heterocycles. The van der Waals surface area contributed by atoms with Crippen molar-refractivity contribution in [2.75, 3.05) is 0 Å². The number of ether oxygens (including phenoxy) is 3. The fourth-order valence-corrected chi connectivity index (χ4v) is 12.9. The fraction of sp³-hybridized carbons (Fsp3) is 0.703. The van der Waals surface area contributed by atoms with Crippen molar-refractivity contribution in [3.05, 3.63) is 46.7 Å². The largest absolute Gasteiger partial charge is 0.387 e. The summed E-state index contributed by atoms with van der Waals surface area (Å²) in [6, 6.07) is 4.19. The topological polar surface area (TPSA) is 104 Å². The second kappa shape index (κ2) is 7.57. The number of epoxide rings is 1. The number of hydrogen-bond acceptors (Lipinski definition) is 6. The first-order valence-electron chi connectivity index (χ1n) is 17.0. The summed E-state index contributed by atoms with van der Waals surface area (Å²) in [5.41, 5.74) is 2.91. The van der Waals surface area contributed by atoms with E-state index in [1.165, 1.54) is 16.5 Å². The zero-order valence-electron chi connectivity index (χ0n) is 26.7. The van der Waals surface area contributed by atoms with E-state index in [9.17, 15) is 15.0 Å². The zero-order valence-corrected chi connectivity index (χ0v) is 26.7. The molecule has 10 rings (SSSR count). The minimum absolute atomic E-state index is 0.0340. The summed E-state index contributed by atoms with van der Waals surface area (Å²) in [5.74, 6) is 1.51. The van der Waals surface area contributed by atoms with Crippen LogP contribution in [0.4, 0.5) is 0 Å². The highest BCUT2D eigenvalue weighted by Gasteiger charge is 2.86. The Hall–Kier alpha value is -2.03. The van der Waals surface area contributed by atoms with Crippen molar-refractivity contribution in [2.45, 2.75) is 132 Å². The first-order chi connectivity index (χ1) is 20.7. The molecular formula is C37H45NO6. The minimum atomic E-state index is -1.20. The lowest BCUT2D eigenvalue weighted by Gasteiger charge is -2.66. The quantitative estimate of drug-likeness (QED) is 0.290. The number of aromatic amines is 1. The Balaban J connectivity index is 1.19. The Morgan fingerprint density at radius 2 is 1.84 bits per heavy atom. The van der Waals surface area contributed by atoms with Crippen LogP contribution in [-0.4, -0.2) is 62.2 Å². The number of benzene rings is 1. The van der Waals surface area contributed by atoms with Gasteiger partial charge in [0, 0.05) is 50.4 Å². The van der Waals surface area contributed by atoms with Gasteiger partial charge in [0.15, 0.2) is 11.4 Å². The highest BCUT2D eigenvalue weighted by molar-refractivity contribution is 6.07. The summed E-state index contributed by atoms with van der Waals surface area (Å²) < 4.78 is 20.4. The Morgan fingerprint density at radius 1 is 1.07 bits per heavy atom. The minimum Gasteiger partial charge on any atom is -0.387 e. The molecule has 3 saturated carbocycles. The van der Waals surface area contributed by atoms with Gasteiger partial charge in [0.25, 0.3) is 0 Å². The van der Waals surface area contributed by atoms with Gasteiger partial charge in [-0.05, 0) is 93.9 Å². The van der Waals surface area contributed by atoms with Gasteiger partial charge < -0.3 is 29.4 Å². The Kier molecular flexibility index (Phi) is 4.67. The lowest BCUT2D eigenvalue weighted by Crippen LogP contribution is -2.76. The van der Waals surface area contributed by atoms with Crippen molar-refractivity contribution in [2.24, 2.45) is 29.1 Å². The van der Waals surface area contributed by atoms with Gasteiger partial charge in [-0.25, -0.2) is 0 Å². The van der Waals surface area contributed by atoms with E-state index in [4.69, 9.17) is 14.2 Å². The smallest absolute Gasteiger partial charge is 0.166 e. The number of aromatic nitrogens is 1. The van der Waals surface area contributed by atoms with Crippen LogP contribution < -0.4 is 0 Å². The summed E-state index contributed by atoms with van der Waals surface area (Å²) in [5, 5.41) is 25.8. The lowest BCUT2D eigenvalue weighted by molar-refractivity contribution is -0.275. The maximum absolute atomic E-state index is 13.8. The highest BCUT2D eigenvalue weighted by Crippen LogP contribution is 2.77. The molecule has 3 unspecified atom stereocenters. The third-order valence-electron chi connectivity index (χ3n) is 15.4. The van der Waals surface area contributed by atoms with E-state index in [0.717, 1.165) is 48.0 Å². The van der Waals surface area contributed by atoms with E-state index in [2.05, 4.69) is 58.3 Å². The molecule has 2 aromatic rings. The number of carbonyl (C=O) groups excluding carboxylic acids is 1. The van der Waals surface area contributed by atoms with Crippen LogP contribution in [0, 0.1) is 29.1 Å². The van der Waals surface area contributed by atoms with E-state index < -0.39 is 40.3 Å². The number of carbonyl (C=O) groups is 1. The molecule has 1 spiro atoms. The second-order valence-corrected chi connectivity index (χ2v) is 17.0. The third kappa shape index (κ3) is 2.50. The molecule has 1 aromatic carbocycles. The SMILES string of the molecule is C=C(C)[C@H]1OC2CC[C@@]3(C)[C@@](O)(CCC4[C@@H]5OC(C)(C)[C@H]6C[C@@H]7C(C)C(=O)c8ccc9[nH]c(c5c9c8[C@@H]76)[C@@]43C)[C@]23O[C@H]3[C@H]1O. The number of H-pyrrole nitrogens is 1. The van der Waals surface area contributed by atoms with Gasteiger partial charge in [0.05, 0.1) is 17.8 Å². The van der Waals surface area contributed by atoms with Crippen molar-refractivity contribution in [1.82, 2.24) is 4.98 Å². The zero-order chi connectivity index (χ0) is 30.7. The molecule has 0 bridgehead atoms. The number of ketones is 1. The number of hydrogen-bond donors (Lipinski definition) is 3. The number of nitrogens with one attached hydrogen (secondary N) is 1. The predicted molar refractivity (Wildman–Crippen MR) is 163 cm³/mol. The van der Waals surface area contributed by atoms with Crippen LogP contribution in [0.5, 0.6) is 0 Å². The maximum atomic E-state index is 13.8. The summed E-state index contributed by atoms with van der Waals surface area (Å²) in [4.78, 5) is 17.7. The average Bonchev–Trinajstić information content (AvgIpc) is 3.53.